The maximum atomic E-state index is 12.6. The summed E-state index contributed by atoms with van der Waals surface area (Å²) in [6, 6.07) is 13.7. The van der Waals surface area contributed by atoms with Crippen LogP contribution in [0.5, 0.6) is 5.75 Å². The van der Waals surface area contributed by atoms with Gasteiger partial charge in [0.2, 0.25) is 0 Å². The van der Waals surface area contributed by atoms with Gasteiger partial charge in [0.05, 0.1) is 30.5 Å². The van der Waals surface area contributed by atoms with Crippen LogP contribution in [-0.4, -0.2) is 30.7 Å². The van der Waals surface area contributed by atoms with Crippen molar-refractivity contribution in [3.8, 4) is 5.75 Å². The zero-order valence-electron chi connectivity index (χ0n) is 15.3. The third kappa shape index (κ3) is 5.79. The standard InChI is InChI=1S/C20H22N2O4S/c1-3-4-13-26-17-12-8-6-10-15(17)18(23)22-20(27)21-16-11-7-5-9-14(16)19(24)25-2/h5-12H,3-4,13H2,1-2H3,(H2,21,22,23,27). The highest BCUT2D eigenvalue weighted by molar-refractivity contribution is 7.80. The van der Waals surface area contributed by atoms with E-state index < -0.39 is 11.9 Å². The molecule has 0 spiro atoms. The fraction of sp³-hybridized carbons (Fsp3) is 0.250. The van der Waals surface area contributed by atoms with Crippen molar-refractivity contribution >= 4 is 34.9 Å². The van der Waals surface area contributed by atoms with Crippen LogP contribution in [0.2, 0.25) is 0 Å². The quantitative estimate of drug-likeness (QED) is 0.428. The average Bonchev–Trinajstić information content (AvgIpc) is 2.68. The van der Waals surface area contributed by atoms with Gasteiger partial charge in [-0.05, 0) is 42.9 Å². The molecule has 0 radical (unpaired) electrons. The Balaban J connectivity index is 2.07. The molecule has 0 atom stereocenters. The van der Waals surface area contributed by atoms with Gasteiger partial charge in [-0.15, -0.1) is 0 Å². The molecule has 0 aliphatic heterocycles. The van der Waals surface area contributed by atoms with E-state index in [1.165, 1.54) is 7.11 Å². The van der Waals surface area contributed by atoms with E-state index in [0.29, 0.717) is 29.2 Å². The van der Waals surface area contributed by atoms with E-state index in [9.17, 15) is 9.59 Å². The molecule has 0 bridgehead atoms. The summed E-state index contributed by atoms with van der Waals surface area (Å²) in [6.07, 6.45) is 1.90. The number of ether oxygens (including phenoxy) is 2. The molecule has 6 nitrogen and oxygen atoms in total. The summed E-state index contributed by atoms with van der Waals surface area (Å²) >= 11 is 5.21. The number of methoxy groups -OCH3 is 1. The highest BCUT2D eigenvalue weighted by Crippen LogP contribution is 2.19. The molecule has 2 N–H and O–H groups in total. The Kier molecular flexibility index (Phi) is 7.76. The lowest BCUT2D eigenvalue weighted by Crippen LogP contribution is -2.34. The zero-order valence-corrected chi connectivity index (χ0v) is 16.1. The van der Waals surface area contributed by atoms with Gasteiger partial charge in [-0.1, -0.05) is 37.6 Å². The van der Waals surface area contributed by atoms with E-state index >= 15 is 0 Å². The summed E-state index contributed by atoms with van der Waals surface area (Å²) in [7, 11) is 1.30. The third-order valence-corrected chi connectivity index (χ3v) is 3.90. The van der Waals surface area contributed by atoms with Crippen molar-refractivity contribution in [3.05, 3.63) is 59.7 Å². The van der Waals surface area contributed by atoms with Crippen LogP contribution in [0.1, 0.15) is 40.5 Å². The molecule has 0 saturated heterocycles. The molecule has 0 aliphatic carbocycles. The molecule has 0 aliphatic rings. The van der Waals surface area contributed by atoms with Gasteiger partial charge in [-0.2, -0.15) is 0 Å². The van der Waals surface area contributed by atoms with Crippen molar-refractivity contribution in [2.24, 2.45) is 0 Å². The first kappa shape index (κ1) is 20.4. The molecular weight excluding hydrogens is 364 g/mol. The maximum Gasteiger partial charge on any atom is 0.339 e. The van der Waals surface area contributed by atoms with Crippen LogP contribution in [0.25, 0.3) is 0 Å². The Morgan fingerprint density at radius 1 is 1.04 bits per heavy atom. The number of anilines is 1. The number of nitrogens with one attached hydrogen (secondary N) is 2. The van der Waals surface area contributed by atoms with Gasteiger partial charge < -0.3 is 14.8 Å². The molecule has 2 rings (SSSR count). The number of benzene rings is 2. The Hall–Kier alpha value is -2.93. The second kappa shape index (κ2) is 10.3. The largest absolute Gasteiger partial charge is 0.493 e. The van der Waals surface area contributed by atoms with E-state index in [1.807, 2.05) is 0 Å². The van der Waals surface area contributed by atoms with Crippen molar-refractivity contribution in [3.63, 3.8) is 0 Å². The van der Waals surface area contributed by atoms with E-state index in [4.69, 9.17) is 21.7 Å². The second-order valence-corrected chi connectivity index (χ2v) is 6.05. The summed E-state index contributed by atoms with van der Waals surface area (Å²) in [5.74, 6) is -0.391. The molecule has 1 amide bonds. The summed E-state index contributed by atoms with van der Waals surface area (Å²) in [5, 5.41) is 5.53. The van der Waals surface area contributed by atoms with Crippen molar-refractivity contribution < 1.29 is 19.1 Å². The molecule has 0 heterocycles. The minimum absolute atomic E-state index is 0.0692. The molecule has 0 aromatic heterocycles. The van der Waals surface area contributed by atoms with Crippen LogP contribution in [0.4, 0.5) is 5.69 Å². The molecule has 0 saturated carbocycles. The monoisotopic (exact) mass is 386 g/mol. The van der Waals surface area contributed by atoms with Gasteiger partial charge in [0, 0.05) is 0 Å². The first-order valence-corrected chi connectivity index (χ1v) is 8.99. The van der Waals surface area contributed by atoms with Gasteiger partial charge in [-0.25, -0.2) is 4.79 Å². The molecule has 7 heteroatoms. The minimum Gasteiger partial charge on any atom is -0.493 e. The summed E-state index contributed by atoms with van der Waals surface area (Å²) in [5.41, 5.74) is 1.15. The van der Waals surface area contributed by atoms with E-state index in [-0.39, 0.29) is 5.11 Å². The van der Waals surface area contributed by atoms with E-state index in [1.54, 1.807) is 48.5 Å². The summed E-state index contributed by atoms with van der Waals surface area (Å²) in [4.78, 5) is 24.4. The maximum absolute atomic E-state index is 12.6. The van der Waals surface area contributed by atoms with Crippen molar-refractivity contribution in [2.45, 2.75) is 19.8 Å². The molecule has 0 fully saturated rings. The predicted molar refractivity (Wildman–Crippen MR) is 108 cm³/mol. The number of esters is 1. The van der Waals surface area contributed by atoms with Gasteiger partial charge in [-0.3, -0.25) is 10.1 Å². The van der Waals surface area contributed by atoms with E-state index in [0.717, 1.165) is 12.8 Å². The number of rotatable bonds is 7. The fourth-order valence-corrected chi connectivity index (χ4v) is 2.51. The van der Waals surface area contributed by atoms with Crippen molar-refractivity contribution in [2.75, 3.05) is 19.0 Å². The second-order valence-electron chi connectivity index (χ2n) is 5.64. The normalized spacial score (nSPS) is 10.0. The van der Waals surface area contributed by atoms with Crippen molar-refractivity contribution in [1.82, 2.24) is 5.32 Å². The van der Waals surface area contributed by atoms with Crippen LogP contribution < -0.4 is 15.4 Å². The van der Waals surface area contributed by atoms with Crippen LogP contribution in [-0.2, 0) is 4.74 Å². The van der Waals surface area contributed by atoms with Gasteiger partial charge in [0.25, 0.3) is 5.91 Å². The SMILES string of the molecule is CCCCOc1ccccc1C(=O)NC(=S)Nc1ccccc1C(=O)OC. The van der Waals surface area contributed by atoms with Gasteiger partial charge in [0.15, 0.2) is 5.11 Å². The highest BCUT2D eigenvalue weighted by Gasteiger charge is 2.16. The number of carbonyl (C=O) groups is 2. The van der Waals surface area contributed by atoms with Crippen molar-refractivity contribution in [1.29, 1.82) is 0 Å². The predicted octanol–water partition coefficient (Wildman–Crippen LogP) is 3.78. The molecule has 27 heavy (non-hydrogen) atoms. The van der Waals surface area contributed by atoms with Crippen LogP contribution >= 0.6 is 12.2 Å². The van der Waals surface area contributed by atoms with Gasteiger partial charge in [0.1, 0.15) is 5.75 Å². The Bertz CT molecular complexity index is 823. The Morgan fingerprint density at radius 3 is 2.41 bits per heavy atom. The number of unbranched alkanes of at least 4 members (excludes halogenated alkanes) is 1. The smallest absolute Gasteiger partial charge is 0.339 e. The van der Waals surface area contributed by atoms with Crippen LogP contribution in [0.3, 0.4) is 0 Å². The fourth-order valence-electron chi connectivity index (χ4n) is 2.31. The number of thiocarbonyl (C=S) groups is 1. The highest BCUT2D eigenvalue weighted by atomic mass is 32.1. The summed E-state index contributed by atoms with van der Waals surface area (Å²) < 4.78 is 10.4. The number of amides is 1. The zero-order chi connectivity index (χ0) is 19.6. The molecule has 0 unspecified atom stereocenters. The van der Waals surface area contributed by atoms with Gasteiger partial charge >= 0.3 is 5.97 Å². The van der Waals surface area contributed by atoms with E-state index in [2.05, 4.69) is 17.6 Å². The lowest BCUT2D eigenvalue weighted by Gasteiger charge is -2.14. The first-order valence-electron chi connectivity index (χ1n) is 8.58. The Labute approximate surface area is 163 Å². The topological polar surface area (TPSA) is 76.7 Å². The summed E-state index contributed by atoms with van der Waals surface area (Å²) in [6.45, 7) is 2.61. The average molecular weight is 386 g/mol. The first-order chi connectivity index (χ1) is 13.1. The number of hydrogen-bond donors (Lipinski definition) is 2. The molecule has 142 valence electrons. The van der Waals surface area contributed by atoms with Crippen LogP contribution in [0.15, 0.2) is 48.5 Å². The Morgan fingerprint density at radius 2 is 1.70 bits per heavy atom. The third-order valence-electron chi connectivity index (χ3n) is 3.69. The lowest BCUT2D eigenvalue weighted by atomic mass is 10.2. The molecule has 2 aromatic rings. The number of hydrogen-bond acceptors (Lipinski definition) is 5. The lowest BCUT2D eigenvalue weighted by molar-refractivity contribution is 0.0602. The van der Waals surface area contributed by atoms with Crippen LogP contribution in [0, 0.1) is 0 Å². The minimum atomic E-state index is -0.498. The number of carbonyl (C=O) groups excluding carboxylic acids is 2. The molecular formula is C20H22N2O4S. The molecule has 2 aromatic carbocycles. The number of para-hydroxylation sites is 2.